The van der Waals surface area contributed by atoms with Crippen LogP contribution in [0.25, 0.3) is 0 Å². The number of carbonyl (C=O) groups is 2. The van der Waals surface area contributed by atoms with Crippen molar-refractivity contribution in [3.63, 3.8) is 0 Å². The molecule has 0 radical (unpaired) electrons. The normalized spacial score (nSPS) is 29.1. The second kappa shape index (κ2) is 14.2. The summed E-state index contributed by atoms with van der Waals surface area (Å²) in [6.07, 6.45) is 9.26. The molecule has 254 valence electrons. The Balaban J connectivity index is 0.000000162. The van der Waals surface area contributed by atoms with Crippen LogP contribution in [0.1, 0.15) is 102 Å². The Labute approximate surface area is 270 Å². The highest BCUT2D eigenvalue weighted by Gasteiger charge is 2.40. The van der Waals surface area contributed by atoms with Crippen LogP contribution in [0, 0.1) is 23.2 Å². The van der Waals surface area contributed by atoms with Crippen molar-refractivity contribution in [2.24, 2.45) is 23.2 Å². The Morgan fingerprint density at radius 1 is 0.870 bits per heavy atom. The molecule has 7 aliphatic rings. The molecule has 6 aliphatic heterocycles. The molecule has 4 bridgehead atoms. The van der Waals surface area contributed by atoms with Gasteiger partial charge in [0.1, 0.15) is 0 Å². The molecule has 2 aromatic rings. The van der Waals surface area contributed by atoms with Gasteiger partial charge in [-0.25, -0.2) is 14.5 Å². The number of rotatable bonds is 7. The Kier molecular flexibility index (Phi) is 10.1. The average molecular weight is 643 g/mol. The minimum Gasteiger partial charge on any atom is -0.465 e. The van der Waals surface area contributed by atoms with Gasteiger partial charge in [-0.3, -0.25) is 5.32 Å². The highest BCUT2D eigenvalue weighted by Crippen LogP contribution is 2.39. The first-order chi connectivity index (χ1) is 22.1. The molecule has 0 spiro atoms. The summed E-state index contributed by atoms with van der Waals surface area (Å²) in [5, 5.41) is 19.8. The molecule has 14 heteroatoms. The summed E-state index contributed by atoms with van der Waals surface area (Å²) < 4.78 is 16.1. The van der Waals surface area contributed by atoms with Gasteiger partial charge in [0.15, 0.2) is 0 Å². The predicted molar refractivity (Wildman–Crippen MR) is 169 cm³/mol. The molecule has 8 heterocycles. The lowest BCUT2D eigenvalue weighted by Crippen LogP contribution is -2.46. The summed E-state index contributed by atoms with van der Waals surface area (Å²) in [5.74, 6) is 3.86. The highest BCUT2D eigenvalue weighted by molar-refractivity contribution is 5.83. The van der Waals surface area contributed by atoms with Crippen molar-refractivity contribution in [1.29, 1.82) is 0 Å². The third kappa shape index (κ3) is 8.17. The van der Waals surface area contributed by atoms with E-state index < -0.39 is 12.2 Å². The number of hydrogen-bond acceptors (Lipinski definition) is 11. The first-order valence-corrected chi connectivity index (χ1v) is 17.2. The zero-order valence-corrected chi connectivity index (χ0v) is 27.5. The summed E-state index contributed by atoms with van der Waals surface area (Å²) in [7, 11) is 0. The van der Waals surface area contributed by atoms with Gasteiger partial charge in [-0.15, -0.1) is 0 Å². The fourth-order valence-corrected chi connectivity index (χ4v) is 7.79. The van der Waals surface area contributed by atoms with Crippen LogP contribution in [-0.4, -0.2) is 99.8 Å². The highest BCUT2D eigenvalue weighted by atomic mass is 16.6. The number of nitrogens with zero attached hydrogens (tertiary/aromatic N) is 7. The van der Waals surface area contributed by atoms with Gasteiger partial charge in [0.25, 0.3) is 11.9 Å². The second-order valence-electron chi connectivity index (χ2n) is 15.0. The maximum absolute atomic E-state index is 11.9. The first kappa shape index (κ1) is 32.7. The van der Waals surface area contributed by atoms with Crippen molar-refractivity contribution in [1.82, 2.24) is 30.1 Å². The summed E-state index contributed by atoms with van der Waals surface area (Å²) in [6, 6.07) is 0. The van der Waals surface area contributed by atoms with Gasteiger partial charge in [-0.05, 0) is 98.2 Å². The molecule has 14 nitrogen and oxygen atoms in total. The molecule has 2 aromatic heterocycles. The lowest BCUT2D eigenvalue weighted by molar-refractivity contribution is 0.0727. The molecule has 7 fully saturated rings. The molecule has 0 aromatic carbocycles. The second-order valence-corrected chi connectivity index (χ2v) is 15.0. The van der Waals surface area contributed by atoms with E-state index in [2.05, 4.69) is 35.4 Å². The quantitative estimate of drug-likeness (QED) is 0.395. The minimum absolute atomic E-state index is 0.161. The van der Waals surface area contributed by atoms with Gasteiger partial charge in [-0.2, -0.15) is 9.97 Å². The molecular formula is C32H50N8O6. The number of aromatic nitrogens is 4. The van der Waals surface area contributed by atoms with Crippen LogP contribution in [-0.2, 0) is 4.74 Å². The molecule has 2 unspecified atom stereocenters. The zero-order valence-electron chi connectivity index (χ0n) is 27.5. The van der Waals surface area contributed by atoms with E-state index in [-0.39, 0.29) is 23.2 Å². The van der Waals surface area contributed by atoms with Crippen molar-refractivity contribution in [2.75, 3.05) is 62.6 Å². The van der Waals surface area contributed by atoms with Crippen molar-refractivity contribution >= 4 is 24.1 Å². The number of carboxylic acid groups (broad SMARTS) is 1. The molecular weight excluding hydrogens is 592 g/mol. The number of hydrogen-bond donors (Lipinski definition) is 2. The number of piperidine rings is 6. The molecule has 9 rings (SSSR count). The zero-order chi connectivity index (χ0) is 32.3. The van der Waals surface area contributed by atoms with Crippen LogP contribution in [0.3, 0.4) is 0 Å². The molecule has 1 aliphatic carbocycles. The van der Waals surface area contributed by atoms with Gasteiger partial charge in [0, 0.05) is 19.6 Å². The number of carbonyl (C=O) groups excluding carboxylic acids is 1. The number of fused-ring (bicyclic) bond motifs is 6. The smallest absolute Gasteiger partial charge is 0.414 e. The topological polar surface area (TPSA) is 163 Å². The molecule has 1 saturated carbocycles. The SMILES string of the molecule is CC(C)(C)CN(C(=O)O)c1noc(C2CN3CCC2CC3)n1.O=C(Nc1noc(C2CN3CCC2CC3)n1)OCC1CCCCC1. The van der Waals surface area contributed by atoms with Gasteiger partial charge >= 0.3 is 12.2 Å². The Morgan fingerprint density at radius 2 is 1.43 bits per heavy atom. The van der Waals surface area contributed by atoms with E-state index in [9.17, 15) is 14.7 Å². The van der Waals surface area contributed by atoms with Crippen molar-refractivity contribution in [2.45, 2.75) is 90.4 Å². The number of amides is 2. The van der Waals surface area contributed by atoms with E-state index in [0.717, 1.165) is 51.9 Å². The average Bonchev–Trinajstić information content (AvgIpc) is 3.75. The Bertz CT molecular complexity index is 1300. The van der Waals surface area contributed by atoms with E-state index in [1.165, 1.54) is 50.1 Å². The molecule has 2 amide bonds. The van der Waals surface area contributed by atoms with E-state index in [1.807, 2.05) is 20.8 Å². The maximum atomic E-state index is 11.9. The molecule has 6 saturated heterocycles. The lowest BCUT2D eigenvalue weighted by Gasteiger charge is -2.43. The van der Waals surface area contributed by atoms with Crippen LogP contribution in [0.15, 0.2) is 9.05 Å². The van der Waals surface area contributed by atoms with Gasteiger partial charge < -0.3 is 28.7 Å². The van der Waals surface area contributed by atoms with Crippen LogP contribution in [0.5, 0.6) is 0 Å². The van der Waals surface area contributed by atoms with Gasteiger partial charge in [0.05, 0.1) is 18.4 Å². The third-order valence-electron chi connectivity index (χ3n) is 10.3. The van der Waals surface area contributed by atoms with Crippen molar-refractivity contribution < 1.29 is 28.5 Å². The summed E-state index contributed by atoms with van der Waals surface area (Å²) in [6.45, 7) is 13.3. The van der Waals surface area contributed by atoms with Crippen molar-refractivity contribution in [3.05, 3.63) is 11.8 Å². The summed E-state index contributed by atoms with van der Waals surface area (Å²) in [4.78, 5) is 38.2. The first-order valence-electron chi connectivity index (χ1n) is 17.2. The molecule has 46 heavy (non-hydrogen) atoms. The standard InChI is InChI=1S/C17H26N4O3.C15H24N4O3/c22-17(23-11-12-4-2-1-3-5-12)19-16-18-15(24-20-16)14-10-21-8-6-13(14)7-9-21;1-15(2,3)9-19(14(20)21)13-16-12(22-17-13)11-8-18-6-4-10(11)5-7-18/h12-14H,1-11H2,(H,19,20,22);10-11H,4-9H2,1-3H3,(H,20,21). The van der Waals surface area contributed by atoms with Crippen LogP contribution >= 0.6 is 0 Å². The summed E-state index contributed by atoms with van der Waals surface area (Å²) in [5.41, 5.74) is -0.172. The van der Waals surface area contributed by atoms with Crippen molar-refractivity contribution in [3.8, 4) is 0 Å². The number of nitrogens with one attached hydrogen (secondary N) is 1. The number of ether oxygens (including phenoxy) is 1. The molecule has 2 N–H and O–H groups in total. The summed E-state index contributed by atoms with van der Waals surface area (Å²) >= 11 is 0. The Hall–Kier alpha value is -3.26. The van der Waals surface area contributed by atoms with Crippen LogP contribution < -0.4 is 10.2 Å². The largest absolute Gasteiger partial charge is 0.465 e. The third-order valence-corrected chi connectivity index (χ3v) is 10.3. The number of anilines is 2. The fourth-order valence-electron chi connectivity index (χ4n) is 7.79. The minimum atomic E-state index is -1.05. The van der Waals surface area contributed by atoms with Gasteiger partial charge in [-0.1, -0.05) is 40.0 Å². The van der Waals surface area contributed by atoms with E-state index in [4.69, 9.17) is 13.8 Å². The lowest BCUT2D eigenvalue weighted by atomic mass is 9.79. The van der Waals surface area contributed by atoms with E-state index >= 15 is 0 Å². The molecule has 2 atom stereocenters. The van der Waals surface area contributed by atoms with Crippen LogP contribution in [0.4, 0.5) is 21.5 Å². The van der Waals surface area contributed by atoms with E-state index in [1.54, 1.807) is 0 Å². The van der Waals surface area contributed by atoms with Crippen LogP contribution in [0.2, 0.25) is 0 Å². The maximum Gasteiger partial charge on any atom is 0.414 e. The predicted octanol–water partition coefficient (Wildman–Crippen LogP) is 5.42. The van der Waals surface area contributed by atoms with E-state index in [0.29, 0.717) is 48.6 Å². The monoisotopic (exact) mass is 642 g/mol. The Morgan fingerprint density at radius 3 is 1.96 bits per heavy atom. The fraction of sp³-hybridized carbons (Fsp3) is 0.812. The van der Waals surface area contributed by atoms with Gasteiger partial charge in [0.2, 0.25) is 11.8 Å².